The first-order valence-electron chi connectivity index (χ1n) is 13.2. The Morgan fingerprint density at radius 2 is 0.969 bits per heavy atom. The van der Waals surface area contributed by atoms with Gasteiger partial charge in [0, 0.05) is 0 Å². The van der Waals surface area contributed by atoms with Crippen LogP contribution in [-0.4, -0.2) is 25.2 Å². The summed E-state index contributed by atoms with van der Waals surface area (Å²) in [7, 11) is 0. The third-order valence-electron chi connectivity index (χ3n) is 7.90. The average molecular weight is 453 g/mol. The molecule has 1 saturated carbocycles. The summed E-state index contributed by atoms with van der Waals surface area (Å²) in [5.74, 6) is 1.08. The first-order valence-corrected chi connectivity index (χ1v) is 13.2. The predicted octanol–water partition coefficient (Wildman–Crippen LogP) is 7.58. The molecule has 0 aromatic rings. The van der Waals surface area contributed by atoms with Gasteiger partial charge in [-0.1, -0.05) is 68.2 Å². The number of carbonyl (C=O) groups excluding carboxylic acids is 2. The molecule has 2 unspecified atom stereocenters. The smallest absolute Gasteiger partial charge is 0.308 e. The molecule has 4 nitrogen and oxygen atoms in total. The Labute approximate surface area is 198 Å². The number of ether oxygens (including phenoxy) is 2. The van der Waals surface area contributed by atoms with Crippen LogP contribution in [0.5, 0.6) is 0 Å². The lowest BCUT2D eigenvalue weighted by Crippen LogP contribution is -2.28. The van der Waals surface area contributed by atoms with Gasteiger partial charge in [-0.25, -0.2) is 0 Å². The molecule has 0 aromatic carbocycles. The normalized spacial score (nSPS) is 21.6. The lowest BCUT2D eigenvalue weighted by Gasteiger charge is -2.27. The van der Waals surface area contributed by atoms with Crippen LogP contribution in [0.4, 0.5) is 0 Å². The van der Waals surface area contributed by atoms with E-state index in [2.05, 4.69) is 55.4 Å². The van der Waals surface area contributed by atoms with E-state index in [0.717, 1.165) is 51.4 Å². The van der Waals surface area contributed by atoms with Gasteiger partial charge in [0.05, 0.1) is 25.0 Å². The SMILES string of the molecule is CC(CCCCOC(=O)C1CCC(C(=O)OCCCCC(C)C(C)(C)C)CC1)C(C)(C)C. The zero-order valence-corrected chi connectivity index (χ0v) is 22.4. The van der Waals surface area contributed by atoms with E-state index in [1.165, 1.54) is 12.8 Å². The predicted molar refractivity (Wildman–Crippen MR) is 132 cm³/mol. The van der Waals surface area contributed by atoms with E-state index < -0.39 is 0 Å². The van der Waals surface area contributed by atoms with Gasteiger partial charge in [-0.2, -0.15) is 0 Å². The molecular weight excluding hydrogens is 400 g/mol. The Morgan fingerprint density at radius 1 is 0.656 bits per heavy atom. The molecule has 32 heavy (non-hydrogen) atoms. The van der Waals surface area contributed by atoms with Gasteiger partial charge in [0.15, 0.2) is 0 Å². The molecule has 2 atom stereocenters. The maximum absolute atomic E-state index is 12.4. The summed E-state index contributed by atoms with van der Waals surface area (Å²) in [4.78, 5) is 24.7. The molecule has 0 bridgehead atoms. The van der Waals surface area contributed by atoms with Crippen molar-refractivity contribution >= 4 is 11.9 Å². The topological polar surface area (TPSA) is 52.6 Å². The number of unbranched alkanes of at least 4 members (excludes halogenated alkanes) is 2. The Balaban J connectivity index is 2.14. The summed E-state index contributed by atoms with van der Waals surface area (Å²) in [6.45, 7) is 19.3. The summed E-state index contributed by atoms with van der Waals surface area (Å²) < 4.78 is 11.0. The molecule has 0 spiro atoms. The summed E-state index contributed by atoms with van der Waals surface area (Å²) in [5, 5.41) is 0. The molecule has 1 aliphatic carbocycles. The second kappa shape index (κ2) is 13.6. The number of carbonyl (C=O) groups is 2. The highest BCUT2D eigenvalue weighted by Gasteiger charge is 2.31. The molecule has 1 rings (SSSR count). The standard InChI is InChI=1S/C28H52O4/c1-21(27(3,4)5)13-9-11-19-31-25(29)23-15-17-24(18-16-23)26(30)32-20-12-10-14-22(2)28(6,7)8/h21-24H,9-20H2,1-8H3. The van der Waals surface area contributed by atoms with Gasteiger partial charge < -0.3 is 9.47 Å². The van der Waals surface area contributed by atoms with Crippen molar-refractivity contribution in [2.24, 2.45) is 34.5 Å². The third-order valence-corrected chi connectivity index (χ3v) is 7.90. The fourth-order valence-electron chi connectivity index (χ4n) is 4.12. The molecule has 0 amide bonds. The van der Waals surface area contributed by atoms with Crippen molar-refractivity contribution < 1.29 is 19.1 Å². The van der Waals surface area contributed by atoms with E-state index in [0.29, 0.717) is 35.9 Å². The van der Waals surface area contributed by atoms with Crippen molar-refractivity contribution in [3.8, 4) is 0 Å². The Bertz CT molecular complexity index is 497. The molecule has 188 valence electrons. The second-order valence-electron chi connectivity index (χ2n) is 12.4. The zero-order chi connectivity index (χ0) is 24.4. The lowest BCUT2D eigenvalue weighted by atomic mass is 9.79. The Morgan fingerprint density at radius 3 is 1.25 bits per heavy atom. The van der Waals surface area contributed by atoms with Crippen molar-refractivity contribution in [3.63, 3.8) is 0 Å². The maximum atomic E-state index is 12.4. The lowest BCUT2D eigenvalue weighted by molar-refractivity contribution is -0.155. The minimum Gasteiger partial charge on any atom is -0.465 e. The second-order valence-corrected chi connectivity index (χ2v) is 12.4. The van der Waals surface area contributed by atoms with Crippen LogP contribution in [0.15, 0.2) is 0 Å². The van der Waals surface area contributed by atoms with Crippen molar-refractivity contribution in [1.29, 1.82) is 0 Å². The van der Waals surface area contributed by atoms with Crippen molar-refractivity contribution in [1.82, 2.24) is 0 Å². The van der Waals surface area contributed by atoms with Crippen LogP contribution < -0.4 is 0 Å². The first kappa shape index (κ1) is 29.0. The van der Waals surface area contributed by atoms with E-state index in [1.807, 2.05) is 0 Å². The summed E-state index contributed by atoms with van der Waals surface area (Å²) >= 11 is 0. The number of hydrogen-bond donors (Lipinski definition) is 0. The van der Waals surface area contributed by atoms with Gasteiger partial charge in [0.2, 0.25) is 0 Å². The van der Waals surface area contributed by atoms with E-state index in [-0.39, 0.29) is 23.8 Å². The summed E-state index contributed by atoms with van der Waals surface area (Å²) in [5.41, 5.74) is 0.669. The number of hydrogen-bond acceptors (Lipinski definition) is 4. The largest absolute Gasteiger partial charge is 0.465 e. The van der Waals surface area contributed by atoms with Gasteiger partial charge in [0.25, 0.3) is 0 Å². The van der Waals surface area contributed by atoms with Gasteiger partial charge in [-0.05, 0) is 74.0 Å². The minimum absolute atomic E-state index is 0.0496. The van der Waals surface area contributed by atoms with Crippen LogP contribution in [0.2, 0.25) is 0 Å². The van der Waals surface area contributed by atoms with Crippen molar-refractivity contribution in [2.45, 2.75) is 120 Å². The molecule has 0 aromatic heterocycles. The van der Waals surface area contributed by atoms with E-state index in [1.54, 1.807) is 0 Å². The molecule has 0 N–H and O–H groups in total. The van der Waals surface area contributed by atoms with Gasteiger partial charge >= 0.3 is 11.9 Å². The van der Waals surface area contributed by atoms with Crippen LogP contribution in [0.1, 0.15) is 120 Å². The minimum atomic E-state index is -0.0753. The molecular formula is C28H52O4. The summed E-state index contributed by atoms with van der Waals surface area (Å²) in [6.07, 6.45) is 9.36. The average Bonchev–Trinajstić information content (AvgIpc) is 2.71. The molecule has 0 radical (unpaired) electrons. The molecule has 0 saturated heterocycles. The molecule has 1 fully saturated rings. The fraction of sp³-hybridized carbons (Fsp3) is 0.929. The van der Waals surface area contributed by atoms with Crippen LogP contribution in [0, 0.1) is 34.5 Å². The Hall–Kier alpha value is -1.06. The molecule has 0 heterocycles. The monoisotopic (exact) mass is 452 g/mol. The highest BCUT2D eigenvalue weighted by Crippen LogP contribution is 2.32. The van der Waals surface area contributed by atoms with Crippen molar-refractivity contribution in [2.75, 3.05) is 13.2 Å². The molecule has 1 aliphatic rings. The van der Waals surface area contributed by atoms with Crippen LogP contribution >= 0.6 is 0 Å². The third kappa shape index (κ3) is 11.2. The van der Waals surface area contributed by atoms with Crippen molar-refractivity contribution in [3.05, 3.63) is 0 Å². The van der Waals surface area contributed by atoms with Gasteiger partial charge in [0.1, 0.15) is 0 Å². The number of esters is 2. The highest BCUT2D eigenvalue weighted by molar-refractivity contribution is 5.75. The Kier molecular flexibility index (Phi) is 12.3. The zero-order valence-electron chi connectivity index (χ0n) is 22.4. The number of rotatable bonds is 12. The van der Waals surface area contributed by atoms with Gasteiger partial charge in [-0.15, -0.1) is 0 Å². The maximum Gasteiger partial charge on any atom is 0.308 e. The van der Waals surface area contributed by atoms with E-state index >= 15 is 0 Å². The van der Waals surface area contributed by atoms with Crippen LogP contribution in [0.3, 0.4) is 0 Å². The molecule has 4 heteroatoms. The molecule has 0 aliphatic heterocycles. The van der Waals surface area contributed by atoms with Crippen LogP contribution in [0.25, 0.3) is 0 Å². The highest BCUT2D eigenvalue weighted by atomic mass is 16.5. The summed E-state index contributed by atoms with van der Waals surface area (Å²) in [6, 6.07) is 0. The first-order chi connectivity index (χ1) is 14.8. The van der Waals surface area contributed by atoms with E-state index in [9.17, 15) is 9.59 Å². The fourth-order valence-corrected chi connectivity index (χ4v) is 4.12. The van der Waals surface area contributed by atoms with Crippen LogP contribution in [-0.2, 0) is 19.1 Å². The van der Waals surface area contributed by atoms with Gasteiger partial charge in [-0.3, -0.25) is 9.59 Å². The van der Waals surface area contributed by atoms with E-state index in [4.69, 9.17) is 9.47 Å². The quantitative estimate of drug-likeness (QED) is 0.226.